The highest BCUT2D eigenvalue weighted by atomic mass is 15.0. The van der Waals surface area contributed by atoms with Crippen LogP contribution in [-0.2, 0) is 13.1 Å². The van der Waals surface area contributed by atoms with E-state index in [2.05, 4.69) is 45.6 Å². The van der Waals surface area contributed by atoms with Crippen molar-refractivity contribution < 1.29 is 0 Å². The van der Waals surface area contributed by atoms with Crippen LogP contribution in [0.1, 0.15) is 17.0 Å². The van der Waals surface area contributed by atoms with E-state index in [9.17, 15) is 5.26 Å². The first-order valence-electron chi connectivity index (χ1n) is 7.14. The van der Waals surface area contributed by atoms with Crippen molar-refractivity contribution in [3.63, 3.8) is 0 Å². The van der Waals surface area contributed by atoms with Crippen molar-refractivity contribution in [1.29, 1.82) is 5.26 Å². The number of aromatic amines is 1. The summed E-state index contributed by atoms with van der Waals surface area (Å²) < 4.78 is 0. The van der Waals surface area contributed by atoms with Gasteiger partial charge in [-0.3, -0.25) is 0 Å². The summed E-state index contributed by atoms with van der Waals surface area (Å²) in [7, 11) is 0. The highest BCUT2D eigenvalue weighted by Crippen LogP contribution is 2.23. The molecule has 4 nitrogen and oxygen atoms in total. The number of benzene rings is 2. The van der Waals surface area contributed by atoms with E-state index in [1.54, 1.807) is 6.20 Å². The summed E-state index contributed by atoms with van der Waals surface area (Å²) in [6.45, 7) is 1.49. The average Bonchev–Trinajstić information content (AvgIpc) is 3.09. The van der Waals surface area contributed by atoms with Crippen molar-refractivity contribution in [2.24, 2.45) is 0 Å². The number of nitrogens with zero attached hydrogens (tertiary/aromatic N) is 2. The highest BCUT2D eigenvalue weighted by Gasteiger charge is 2.03. The molecule has 0 aliphatic carbocycles. The van der Waals surface area contributed by atoms with Gasteiger partial charge in [-0.05, 0) is 22.8 Å². The third kappa shape index (κ3) is 3.22. The lowest BCUT2D eigenvalue weighted by molar-refractivity contribution is 0.669. The molecule has 2 aromatic carbocycles. The van der Waals surface area contributed by atoms with Gasteiger partial charge in [-0.25, -0.2) is 4.98 Å². The molecule has 0 aliphatic heterocycles. The summed E-state index contributed by atoms with van der Waals surface area (Å²) in [6.07, 6.45) is 3.57. The number of hydrogen-bond acceptors (Lipinski definition) is 3. The first-order valence-corrected chi connectivity index (χ1v) is 7.14. The van der Waals surface area contributed by atoms with Gasteiger partial charge in [0.25, 0.3) is 0 Å². The minimum absolute atomic E-state index is 0.700. The summed E-state index contributed by atoms with van der Waals surface area (Å²) in [4.78, 5) is 7.23. The number of imidazole rings is 1. The number of rotatable bonds is 5. The second-order valence-electron chi connectivity index (χ2n) is 4.99. The average molecular weight is 288 g/mol. The van der Waals surface area contributed by atoms with Gasteiger partial charge in [-0.1, -0.05) is 42.5 Å². The van der Waals surface area contributed by atoms with Crippen molar-refractivity contribution in [1.82, 2.24) is 15.3 Å². The smallest absolute Gasteiger partial charge is 0.120 e. The lowest BCUT2D eigenvalue weighted by Gasteiger charge is -2.07. The second-order valence-corrected chi connectivity index (χ2v) is 4.99. The Morgan fingerprint density at radius 2 is 1.86 bits per heavy atom. The Balaban J connectivity index is 1.66. The molecule has 0 fully saturated rings. The molecule has 0 unspecified atom stereocenters. The zero-order chi connectivity index (χ0) is 15.2. The number of nitriles is 1. The number of aromatic nitrogens is 2. The maximum Gasteiger partial charge on any atom is 0.120 e. The maximum absolute atomic E-state index is 9.17. The summed E-state index contributed by atoms with van der Waals surface area (Å²) in [5.41, 5.74) is 3.93. The number of nitrogens with one attached hydrogen (secondary N) is 2. The van der Waals surface area contributed by atoms with Crippen LogP contribution < -0.4 is 5.32 Å². The molecular formula is C18H16N4. The van der Waals surface area contributed by atoms with E-state index in [-0.39, 0.29) is 0 Å². The van der Waals surface area contributed by atoms with Gasteiger partial charge in [0.05, 0.1) is 18.2 Å². The van der Waals surface area contributed by atoms with Gasteiger partial charge >= 0.3 is 0 Å². The SMILES string of the molecule is N#Cc1ccccc1-c1ccc(CNCc2ncc[nH]2)cc1. The van der Waals surface area contributed by atoms with Crippen LogP contribution in [0.4, 0.5) is 0 Å². The molecule has 0 saturated heterocycles. The largest absolute Gasteiger partial charge is 0.348 e. The Morgan fingerprint density at radius 1 is 1.05 bits per heavy atom. The lowest BCUT2D eigenvalue weighted by Crippen LogP contribution is -2.13. The highest BCUT2D eigenvalue weighted by molar-refractivity contribution is 5.70. The van der Waals surface area contributed by atoms with Crippen LogP contribution in [0.5, 0.6) is 0 Å². The van der Waals surface area contributed by atoms with E-state index in [4.69, 9.17) is 0 Å². The second kappa shape index (κ2) is 6.70. The third-order valence-corrected chi connectivity index (χ3v) is 3.49. The molecular weight excluding hydrogens is 272 g/mol. The fourth-order valence-corrected chi connectivity index (χ4v) is 2.35. The predicted molar refractivity (Wildman–Crippen MR) is 85.7 cm³/mol. The molecule has 0 bridgehead atoms. The molecule has 1 aromatic heterocycles. The van der Waals surface area contributed by atoms with Crippen LogP contribution in [0.3, 0.4) is 0 Å². The van der Waals surface area contributed by atoms with E-state index < -0.39 is 0 Å². The molecule has 0 amide bonds. The van der Waals surface area contributed by atoms with E-state index >= 15 is 0 Å². The Labute approximate surface area is 129 Å². The molecule has 108 valence electrons. The first-order chi connectivity index (χ1) is 10.9. The van der Waals surface area contributed by atoms with E-state index in [0.29, 0.717) is 12.1 Å². The molecule has 0 atom stereocenters. The van der Waals surface area contributed by atoms with Crippen LogP contribution in [0.25, 0.3) is 11.1 Å². The Morgan fingerprint density at radius 3 is 2.59 bits per heavy atom. The van der Waals surface area contributed by atoms with Gasteiger partial charge in [0.15, 0.2) is 0 Å². The molecule has 2 N–H and O–H groups in total. The molecule has 22 heavy (non-hydrogen) atoms. The standard InChI is InChI=1S/C18H16N4/c19-11-16-3-1-2-4-17(16)15-7-5-14(6-8-15)12-20-13-18-21-9-10-22-18/h1-10,20H,12-13H2,(H,21,22). The van der Waals surface area contributed by atoms with Crippen molar-refractivity contribution in [3.8, 4) is 17.2 Å². The predicted octanol–water partition coefficient (Wildman–Crippen LogP) is 3.24. The summed E-state index contributed by atoms with van der Waals surface area (Å²) in [5.74, 6) is 0.930. The van der Waals surface area contributed by atoms with Gasteiger partial charge in [0.2, 0.25) is 0 Å². The molecule has 1 heterocycles. The normalized spacial score (nSPS) is 10.3. The molecule has 3 rings (SSSR count). The van der Waals surface area contributed by atoms with Crippen molar-refractivity contribution in [3.05, 3.63) is 77.9 Å². The molecule has 0 radical (unpaired) electrons. The van der Waals surface area contributed by atoms with E-state index in [1.807, 2.05) is 30.5 Å². The molecule has 0 saturated carbocycles. The minimum Gasteiger partial charge on any atom is -0.348 e. The van der Waals surface area contributed by atoms with Crippen LogP contribution in [0.15, 0.2) is 60.9 Å². The van der Waals surface area contributed by atoms with Crippen molar-refractivity contribution in [2.45, 2.75) is 13.1 Å². The van der Waals surface area contributed by atoms with E-state index in [1.165, 1.54) is 5.56 Å². The third-order valence-electron chi connectivity index (χ3n) is 3.49. The monoisotopic (exact) mass is 288 g/mol. The zero-order valence-electron chi connectivity index (χ0n) is 12.1. The maximum atomic E-state index is 9.17. The Kier molecular flexibility index (Phi) is 4.28. The quantitative estimate of drug-likeness (QED) is 0.757. The fraction of sp³-hybridized carbons (Fsp3) is 0.111. The zero-order valence-corrected chi connectivity index (χ0v) is 12.1. The summed E-state index contributed by atoms with van der Waals surface area (Å²) in [6, 6.07) is 18.2. The lowest BCUT2D eigenvalue weighted by atomic mass is 9.99. The minimum atomic E-state index is 0.700. The molecule has 3 aromatic rings. The number of H-pyrrole nitrogens is 1. The van der Waals surface area contributed by atoms with Crippen LogP contribution in [0, 0.1) is 11.3 Å². The van der Waals surface area contributed by atoms with Gasteiger partial charge in [0, 0.05) is 18.9 Å². The molecule has 0 spiro atoms. The van der Waals surface area contributed by atoms with E-state index in [0.717, 1.165) is 23.5 Å². The summed E-state index contributed by atoms with van der Waals surface area (Å²) in [5, 5.41) is 12.5. The number of hydrogen-bond donors (Lipinski definition) is 2. The van der Waals surface area contributed by atoms with Crippen molar-refractivity contribution in [2.75, 3.05) is 0 Å². The molecule has 0 aliphatic rings. The first kappa shape index (κ1) is 14.1. The van der Waals surface area contributed by atoms with Gasteiger partial charge in [0.1, 0.15) is 5.82 Å². The van der Waals surface area contributed by atoms with Crippen LogP contribution in [-0.4, -0.2) is 9.97 Å². The van der Waals surface area contributed by atoms with Gasteiger partial charge < -0.3 is 10.3 Å². The van der Waals surface area contributed by atoms with Gasteiger partial charge in [-0.2, -0.15) is 5.26 Å². The van der Waals surface area contributed by atoms with Crippen LogP contribution in [0.2, 0.25) is 0 Å². The Bertz CT molecular complexity index is 768. The van der Waals surface area contributed by atoms with Crippen LogP contribution >= 0.6 is 0 Å². The molecule has 4 heteroatoms. The fourth-order valence-electron chi connectivity index (χ4n) is 2.35. The summed E-state index contributed by atoms with van der Waals surface area (Å²) >= 11 is 0. The van der Waals surface area contributed by atoms with Gasteiger partial charge in [-0.15, -0.1) is 0 Å². The Hall–Kier alpha value is -2.90. The topological polar surface area (TPSA) is 64.5 Å². The van der Waals surface area contributed by atoms with Crippen molar-refractivity contribution >= 4 is 0 Å².